The molecule has 1 atom stereocenters. The summed E-state index contributed by atoms with van der Waals surface area (Å²) >= 11 is 0. The number of fused-ring (bicyclic) bond motifs is 4. The number of rotatable bonds is 0. The second-order valence-electron chi connectivity index (χ2n) is 6.67. The van der Waals surface area contributed by atoms with Crippen molar-refractivity contribution in [2.75, 3.05) is 6.61 Å². The molecule has 2 heterocycles. The summed E-state index contributed by atoms with van der Waals surface area (Å²) in [6, 6.07) is 18.0. The lowest BCUT2D eigenvalue weighted by Gasteiger charge is -2.20. The number of carbonyl (C=O) groups is 2. The number of ether oxygens (including phenoxy) is 2. The molecule has 0 unspecified atom stereocenters. The van der Waals surface area contributed by atoms with Crippen molar-refractivity contribution in [3.8, 4) is 11.1 Å². The predicted octanol–water partition coefficient (Wildman–Crippen LogP) is 4.21. The van der Waals surface area contributed by atoms with Gasteiger partial charge in [0.25, 0.3) is 0 Å². The van der Waals surface area contributed by atoms with E-state index in [1.54, 1.807) is 0 Å². The second kappa shape index (κ2) is 5.70. The fourth-order valence-electron chi connectivity index (χ4n) is 3.99. The summed E-state index contributed by atoms with van der Waals surface area (Å²) in [6.07, 6.45) is 0.351. The average Bonchev–Trinajstić information content (AvgIpc) is 2.98. The summed E-state index contributed by atoms with van der Waals surface area (Å²) in [5, 5.41) is 2.08. The van der Waals surface area contributed by atoms with Crippen LogP contribution in [-0.2, 0) is 20.7 Å². The molecule has 0 saturated heterocycles. The molecule has 4 heteroatoms. The monoisotopic (exact) mass is 344 g/mol. The van der Waals surface area contributed by atoms with Crippen LogP contribution in [0.5, 0.6) is 0 Å². The quantitative estimate of drug-likeness (QED) is 0.573. The van der Waals surface area contributed by atoms with E-state index < -0.39 is 6.10 Å². The minimum atomic E-state index is -0.563. The molecular weight excluding hydrogens is 328 g/mol. The highest BCUT2D eigenvalue weighted by molar-refractivity contribution is 6.08. The van der Waals surface area contributed by atoms with E-state index in [1.165, 1.54) is 0 Å². The number of aryl methyl sites for hydroxylation is 1. The average molecular weight is 344 g/mol. The Morgan fingerprint density at radius 3 is 2.62 bits per heavy atom. The van der Waals surface area contributed by atoms with Gasteiger partial charge in [-0.1, -0.05) is 48.5 Å². The predicted molar refractivity (Wildman–Crippen MR) is 96.8 cm³/mol. The lowest BCUT2D eigenvalue weighted by Crippen LogP contribution is -2.15. The normalized spacial score (nSPS) is 18.7. The zero-order chi connectivity index (χ0) is 17.7. The van der Waals surface area contributed by atoms with Crippen molar-refractivity contribution in [2.24, 2.45) is 0 Å². The van der Waals surface area contributed by atoms with Gasteiger partial charge in [-0.25, -0.2) is 4.79 Å². The Bertz CT molecular complexity index is 1070. The van der Waals surface area contributed by atoms with Gasteiger partial charge in [-0.3, -0.25) is 4.79 Å². The highest BCUT2D eigenvalue weighted by Gasteiger charge is 2.36. The molecular formula is C22H16O4. The largest absolute Gasteiger partial charge is 0.461 e. The zero-order valence-corrected chi connectivity index (χ0v) is 14.0. The van der Waals surface area contributed by atoms with Gasteiger partial charge in [0.05, 0.1) is 5.56 Å². The van der Waals surface area contributed by atoms with E-state index in [0.717, 1.165) is 33.0 Å². The van der Waals surface area contributed by atoms with Crippen molar-refractivity contribution in [1.82, 2.24) is 0 Å². The van der Waals surface area contributed by atoms with Gasteiger partial charge in [-0.2, -0.15) is 0 Å². The molecule has 3 aromatic carbocycles. The summed E-state index contributed by atoms with van der Waals surface area (Å²) in [7, 11) is 0. The zero-order valence-electron chi connectivity index (χ0n) is 14.0. The van der Waals surface area contributed by atoms with Gasteiger partial charge in [-0.05, 0) is 39.9 Å². The van der Waals surface area contributed by atoms with Crippen molar-refractivity contribution in [1.29, 1.82) is 0 Å². The molecule has 0 radical (unpaired) electrons. The van der Waals surface area contributed by atoms with Crippen LogP contribution < -0.4 is 0 Å². The number of hydrogen-bond acceptors (Lipinski definition) is 4. The first-order valence-corrected chi connectivity index (χ1v) is 8.73. The van der Waals surface area contributed by atoms with Crippen LogP contribution in [0.2, 0.25) is 0 Å². The Labute approximate surface area is 150 Å². The molecule has 0 spiro atoms. The molecule has 26 heavy (non-hydrogen) atoms. The van der Waals surface area contributed by atoms with E-state index in [0.29, 0.717) is 18.4 Å². The van der Waals surface area contributed by atoms with Crippen LogP contribution in [-0.4, -0.2) is 18.5 Å². The van der Waals surface area contributed by atoms with Crippen molar-refractivity contribution in [2.45, 2.75) is 18.9 Å². The Morgan fingerprint density at radius 1 is 0.885 bits per heavy atom. The maximum Gasteiger partial charge on any atom is 0.339 e. The molecule has 4 nitrogen and oxygen atoms in total. The van der Waals surface area contributed by atoms with Crippen LogP contribution in [0.4, 0.5) is 0 Å². The first-order valence-electron chi connectivity index (χ1n) is 8.73. The number of esters is 2. The highest BCUT2D eigenvalue weighted by Crippen LogP contribution is 2.44. The van der Waals surface area contributed by atoms with Gasteiger partial charge in [0, 0.05) is 12.0 Å². The molecule has 0 N–H and O–H groups in total. The van der Waals surface area contributed by atoms with Gasteiger partial charge in [0.1, 0.15) is 6.61 Å². The molecule has 0 amide bonds. The van der Waals surface area contributed by atoms with Crippen LogP contribution in [0.15, 0.2) is 54.6 Å². The van der Waals surface area contributed by atoms with Crippen molar-refractivity contribution in [3.63, 3.8) is 0 Å². The van der Waals surface area contributed by atoms with Gasteiger partial charge in [0.15, 0.2) is 6.10 Å². The summed E-state index contributed by atoms with van der Waals surface area (Å²) in [5.74, 6) is -0.627. The van der Waals surface area contributed by atoms with Crippen LogP contribution in [0.3, 0.4) is 0 Å². The maximum absolute atomic E-state index is 12.5. The Hall–Kier alpha value is -3.14. The summed E-state index contributed by atoms with van der Waals surface area (Å²) in [6.45, 7) is 0.0606. The van der Waals surface area contributed by atoms with Gasteiger partial charge in [0.2, 0.25) is 0 Å². The molecule has 2 aliphatic rings. The van der Waals surface area contributed by atoms with Gasteiger partial charge in [-0.15, -0.1) is 0 Å². The lowest BCUT2D eigenvalue weighted by molar-refractivity contribution is -0.146. The molecule has 5 rings (SSSR count). The number of cyclic esters (lactones) is 1. The van der Waals surface area contributed by atoms with E-state index >= 15 is 0 Å². The Balaban J connectivity index is 1.90. The van der Waals surface area contributed by atoms with Crippen molar-refractivity contribution in [3.05, 3.63) is 71.3 Å². The van der Waals surface area contributed by atoms with Crippen molar-refractivity contribution >= 4 is 22.7 Å². The second-order valence-corrected chi connectivity index (χ2v) is 6.67. The molecule has 128 valence electrons. The molecule has 2 aliphatic heterocycles. The Kier molecular flexibility index (Phi) is 3.32. The van der Waals surface area contributed by atoms with Crippen LogP contribution in [0, 0.1) is 0 Å². The fourth-order valence-corrected chi connectivity index (χ4v) is 3.99. The number of benzene rings is 3. The van der Waals surface area contributed by atoms with Gasteiger partial charge < -0.3 is 9.47 Å². The third-order valence-corrected chi connectivity index (χ3v) is 5.16. The summed E-state index contributed by atoms with van der Waals surface area (Å²) in [5.41, 5.74) is 4.54. The topological polar surface area (TPSA) is 52.6 Å². The van der Waals surface area contributed by atoms with E-state index in [2.05, 4.69) is 12.1 Å². The smallest absolute Gasteiger partial charge is 0.339 e. The molecule has 0 fully saturated rings. The van der Waals surface area contributed by atoms with E-state index in [4.69, 9.17) is 9.47 Å². The third kappa shape index (κ3) is 2.22. The first-order chi connectivity index (χ1) is 12.7. The van der Waals surface area contributed by atoms with Crippen LogP contribution in [0.1, 0.15) is 34.0 Å². The van der Waals surface area contributed by atoms with Gasteiger partial charge >= 0.3 is 11.9 Å². The highest BCUT2D eigenvalue weighted by atomic mass is 16.6. The SMILES string of the molecule is O=C1CCc2ccccc2-c2c3c(cc4ccccc24)C(=O)O[C@@H]3CO1. The number of hydrogen-bond donors (Lipinski definition) is 0. The molecule has 0 aromatic heterocycles. The molecule has 0 bridgehead atoms. The Morgan fingerprint density at radius 2 is 1.69 bits per heavy atom. The number of carbonyl (C=O) groups excluding carboxylic acids is 2. The first kappa shape index (κ1) is 15.1. The van der Waals surface area contributed by atoms with E-state index in [-0.39, 0.29) is 18.5 Å². The van der Waals surface area contributed by atoms with Crippen molar-refractivity contribution < 1.29 is 19.1 Å². The minimum absolute atomic E-state index is 0.0606. The molecule has 3 aromatic rings. The summed E-state index contributed by atoms with van der Waals surface area (Å²) < 4.78 is 10.9. The fraction of sp³-hybridized carbons (Fsp3) is 0.182. The van der Waals surface area contributed by atoms with E-state index in [1.807, 2.05) is 42.5 Å². The summed E-state index contributed by atoms with van der Waals surface area (Å²) in [4.78, 5) is 24.5. The third-order valence-electron chi connectivity index (χ3n) is 5.16. The van der Waals surface area contributed by atoms with Crippen LogP contribution in [0.25, 0.3) is 21.9 Å². The standard InChI is InChI=1S/C22H16O4/c23-19-10-9-13-5-1-3-7-15(13)20-16-8-4-2-6-14(16)11-17-21(20)18(12-25-19)26-22(17)24/h1-8,11,18H,9-10,12H2/t18-/m1/s1. The van der Waals surface area contributed by atoms with Crippen LogP contribution >= 0.6 is 0 Å². The van der Waals surface area contributed by atoms with E-state index in [9.17, 15) is 9.59 Å². The molecule has 0 saturated carbocycles. The lowest BCUT2D eigenvalue weighted by atomic mass is 9.85. The maximum atomic E-state index is 12.5. The molecule has 0 aliphatic carbocycles. The minimum Gasteiger partial charge on any atom is -0.461 e.